The molecule has 0 atom stereocenters. The summed E-state index contributed by atoms with van der Waals surface area (Å²) in [5.41, 5.74) is 10.7. The molecule has 0 aromatic heterocycles. The average Bonchev–Trinajstić information content (AvgIpc) is 2.52. The minimum atomic E-state index is -0.452. The molecule has 2 aromatic carbocycles. The summed E-state index contributed by atoms with van der Waals surface area (Å²) in [6, 6.07) is 13.4. The third-order valence-corrected chi connectivity index (χ3v) is 2.74. The van der Waals surface area contributed by atoms with Crippen LogP contribution in [0.2, 0.25) is 0 Å². The molecule has 0 saturated heterocycles. The van der Waals surface area contributed by atoms with Gasteiger partial charge in [-0.2, -0.15) is 0 Å². The third-order valence-electron chi connectivity index (χ3n) is 2.74. The van der Waals surface area contributed by atoms with E-state index < -0.39 is 4.92 Å². The molecule has 0 radical (unpaired) electrons. The second-order valence-electron chi connectivity index (χ2n) is 4.10. The van der Waals surface area contributed by atoms with Crippen LogP contribution in [0.1, 0.15) is 16.7 Å². The Labute approximate surface area is 120 Å². The molecule has 2 rings (SSSR count). The molecule has 0 aliphatic carbocycles. The summed E-state index contributed by atoms with van der Waals surface area (Å²) in [5, 5.41) is 14.1. The van der Waals surface area contributed by atoms with Crippen molar-refractivity contribution >= 4 is 5.69 Å². The Kier molecular flexibility index (Phi) is 4.54. The minimum Gasteiger partial charge on any atom is -0.258 e. The summed E-state index contributed by atoms with van der Waals surface area (Å²) in [6.07, 6.45) is 0. The zero-order valence-electron chi connectivity index (χ0n) is 10.9. The van der Waals surface area contributed by atoms with Gasteiger partial charge in [0.25, 0.3) is 5.69 Å². The quantitative estimate of drug-likeness (QED) is 0.213. The Morgan fingerprint density at radius 3 is 2.52 bits per heavy atom. The first kappa shape index (κ1) is 14.1. The van der Waals surface area contributed by atoms with Crippen LogP contribution in [-0.2, 0) is 6.54 Å². The third kappa shape index (κ3) is 3.83. The van der Waals surface area contributed by atoms with Gasteiger partial charge >= 0.3 is 0 Å². The largest absolute Gasteiger partial charge is 0.269 e. The first-order valence-electron chi connectivity index (χ1n) is 6.06. The molecule has 0 aliphatic heterocycles. The maximum Gasteiger partial charge on any atom is 0.269 e. The molecule has 0 spiro atoms. The van der Waals surface area contributed by atoms with Crippen molar-refractivity contribution in [3.63, 3.8) is 0 Å². The number of hydrogen-bond donors (Lipinski definition) is 0. The van der Waals surface area contributed by atoms with E-state index in [0.717, 1.165) is 11.1 Å². The smallest absolute Gasteiger partial charge is 0.258 e. The molecule has 0 bridgehead atoms. The van der Waals surface area contributed by atoms with Gasteiger partial charge < -0.3 is 0 Å². The Morgan fingerprint density at radius 2 is 1.86 bits per heavy atom. The Bertz CT molecular complexity index is 766. The fraction of sp³-hybridized carbons (Fsp3) is 0.0667. The van der Waals surface area contributed by atoms with Gasteiger partial charge in [0.1, 0.15) is 0 Å². The molecule has 21 heavy (non-hydrogen) atoms. The fourth-order valence-electron chi connectivity index (χ4n) is 1.69. The van der Waals surface area contributed by atoms with E-state index in [1.165, 1.54) is 12.1 Å². The molecule has 2 aromatic rings. The molecular weight excluding hydrogens is 268 g/mol. The van der Waals surface area contributed by atoms with E-state index in [1.54, 1.807) is 12.1 Å². The highest BCUT2D eigenvalue weighted by Crippen LogP contribution is 2.12. The van der Waals surface area contributed by atoms with Crippen LogP contribution in [0.3, 0.4) is 0 Å². The van der Waals surface area contributed by atoms with Crippen LogP contribution in [-0.4, -0.2) is 4.92 Å². The van der Waals surface area contributed by atoms with E-state index in [1.807, 2.05) is 24.3 Å². The average molecular weight is 278 g/mol. The molecular formula is C15H10N4O2. The second kappa shape index (κ2) is 6.75. The lowest BCUT2D eigenvalue weighted by Gasteiger charge is -1.99. The molecule has 0 saturated carbocycles. The number of non-ortho nitro benzene ring substituents is 1. The number of hydrogen-bond acceptors (Lipinski definition) is 3. The minimum absolute atomic E-state index is 0.0318. The van der Waals surface area contributed by atoms with Crippen LogP contribution in [0.5, 0.6) is 0 Å². The van der Waals surface area contributed by atoms with Crippen LogP contribution in [0.4, 0.5) is 5.69 Å². The van der Waals surface area contributed by atoms with E-state index in [9.17, 15) is 10.1 Å². The number of nitro benzene ring substituents is 1. The lowest BCUT2D eigenvalue weighted by molar-refractivity contribution is -0.384. The Hall–Kier alpha value is -3.29. The predicted octanol–water partition coefficient (Wildman–Crippen LogP) is 3.80. The van der Waals surface area contributed by atoms with Crippen molar-refractivity contribution in [2.45, 2.75) is 6.54 Å². The normalized spacial score (nSPS) is 9.14. The van der Waals surface area contributed by atoms with E-state index in [4.69, 9.17) is 5.53 Å². The van der Waals surface area contributed by atoms with E-state index in [-0.39, 0.29) is 12.2 Å². The van der Waals surface area contributed by atoms with E-state index in [2.05, 4.69) is 21.9 Å². The van der Waals surface area contributed by atoms with Gasteiger partial charge in [0.05, 0.1) is 11.5 Å². The molecule has 6 nitrogen and oxygen atoms in total. The van der Waals surface area contributed by atoms with E-state index >= 15 is 0 Å². The number of rotatable bonds is 3. The van der Waals surface area contributed by atoms with Gasteiger partial charge in [0.2, 0.25) is 0 Å². The number of azide groups is 1. The van der Waals surface area contributed by atoms with Crippen molar-refractivity contribution in [1.29, 1.82) is 0 Å². The predicted molar refractivity (Wildman–Crippen MR) is 78.4 cm³/mol. The van der Waals surface area contributed by atoms with Gasteiger partial charge in [-0.15, -0.1) is 0 Å². The van der Waals surface area contributed by atoms with Crippen LogP contribution >= 0.6 is 0 Å². The van der Waals surface area contributed by atoms with Crippen molar-refractivity contribution in [3.05, 3.63) is 85.8 Å². The Morgan fingerprint density at radius 1 is 1.14 bits per heavy atom. The summed E-state index contributed by atoms with van der Waals surface area (Å²) in [7, 11) is 0. The van der Waals surface area contributed by atoms with Crippen molar-refractivity contribution in [3.8, 4) is 11.8 Å². The zero-order chi connectivity index (χ0) is 15.1. The highest BCUT2D eigenvalue weighted by atomic mass is 16.6. The lowest BCUT2D eigenvalue weighted by atomic mass is 10.1. The summed E-state index contributed by atoms with van der Waals surface area (Å²) >= 11 is 0. The highest BCUT2D eigenvalue weighted by Gasteiger charge is 2.02. The monoisotopic (exact) mass is 278 g/mol. The maximum atomic E-state index is 10.6. The molecule has 0 unspecified atom stereocenters. The molecule has 0 heterocycles. The van der Waals surface area contributed by atoms with Crippen LogP contribution in [0.25, 0.3) is 10.4 Å². The van der Waals surface area contributed by atoms with Crippen molar-refractivity contribution in [1.82, 2.24) is 0 Å². The SMILES string of the molecule is [N-]=[N+]=NCc1ccccc1C#Cc1ccc([N+](=O)[O-])cc1. The highest BCUT2D eigenvalue weighted by molar-refractivity contribution is 5.48. The standard InChI is InChI=1S/C15H10N4O2/c16-18-17-11-14-4-2-1-3-13(14)8-5-12-6-9-15(10-7-12)19(20)21/h1-4,6-7,9-10H,11H2. The van der Waals surface area contributed by atoms with Crippen LogP contribution < -0.4 is 0 Å². The zero-order valence-corrected chi connectivity index (χ0v) is 10.9. The summed E-state index contributed by atoms with van der Waals surface area (Å²) in [6.45, 7) is 0.238. The molecule has 102 valence electrons. The van der Waals surface area contributed by atoms with Gasteiger partial charge in [0.15, 0.2) is 0 Å². The van der Waals surface area contributed by atoms with Gasteiger partial charge in [-0.25, -0.2) is 0 Å². The fourth-order valence-corrected chi connectivity index (χ4v) is 1.69. The lowest BCUT2D eigenvalue weighted by Crippen LogP contribution is -1.88. The first-order chi connectivity index (χ1) is 10.2. The number of nitro groups is 1. The van der Waals surface area contributed by atoms with E-state index in [0.29, 0.717) is 5.56 Å². The van der Waals surface area contributed by atoms with Gasteiger partial charge in [-0.05, 0) is 29.3 Å². The van der Waals surface area contributed by atoms with Gasteiger partial charge in [0, 0.05) is 28.2 Å². The first-order valence-corrected chi connectivity index (χ1v) is 6.06. The maximum absolute atomic E-state index is 10.6. The summed E-state index contributed by atoms with van der Waals surface area (Å²) in [4.78, 5) is 12.8. The van der Waals surface area contributed by atoms with Crippen molar-refractivity contribution < 1.29 is 4.92 Å². The van der Waals surface area contributed by atoms with Crippen LogP contribution in [0.15, 0.2) is 53.6 Å². The molecule has 0 fully saturated rings. The van der Waals surface area contributed by atoms with Crippen molar-refractivity contribution in [2.75, 3.05) is 0 Å². The molecule has 6 heteroatoms. The van der Waals surface area contributed by atoms with Gasteiger partial charge in [-0.3, -0.25) is 10.1 Å². The molecule has 0 amide bonds. The second-order valence-corrected chi connectivity index (χ2v) is 4.10. The summed E-state index contributed by atoms with van der Waals surface area (Å²) < 4.78 is 0. The topological polar surface area (TPSA) is 91.9 Å². The molecule has 0 aliphatic rings. The number of nitrogens with zero attached hydrogens (tertiary/aromatic N) is 4. The number of benzene rings is 2. The van der Waals surface area contributed by atoms with Crippen LogP contribution in [0, 0.1) is 22.0 Å². The van der Waals surface area contributed by atoms with Gasteiger partial charge in [-0.1, -0.05) is 35.2 Å². The Balaban J connectivity index is 2.26. The van der Waals surface area contributed by atoms with Crippen molar-refractivity contribution in [2.24, 2.45) is 5.11 Å². The molecule has 0 N–H and O–H groups in total. The summed E-state index contributed by atoms with van der Waals surface area (Å²) in [5.74, 6) is 5.92.